The molecule has 3 aromatic carbocycles. The number of rotatable bonds is 5. The van der Waals surface area contributed by atoms with Gasteiger partial charge >= 0.3 is 5.97 Å². The minimum atomic E-state index is -0.824. The molecular formula is C31H31N3O8. The lowest BCUT2D eigenvalue weighted by Crippen LogP contribution is -2.45. The van der Waals surface area contributed by atoms with Gasteiger partial charge in [0.05, 0.1) is 41.5 Å². The first-order valence-electron chi connectivity index (χ1n) is 13.5. The van der Waals surface area contributed by atoms with Crippen LogP contribution >= 0.6 is 0 Å². The van der Waals surface area contributed by atoms with Crippen LogP contribution in [0, 0.1) is 6.92 Å². The van der Waals surface area contributed by atoms with Crippen molar-refractivity contribution in [1.29, 1.82) is 0 Å². The molecule has 1 aliphatic heterocycles. The number of allylic oxidation sites excluding steroid dienone is 2. The van der Waals surface area contributed by atoms with Crippen molar-refractivity contribution in [2.24, 2.45) is 5.11 Å². The first-order chi connectivity index (χ1) is 20.0. The Morgan fingerprint density at radius 1 is 1.14 bits per heavy atom. The number of benzene rings is 3. The fourth-order valence-electron chi connectivity index (χ4n) is 5.93. The second-order valence-corrected chi connectivity index (χ2v) is 10.5. The number of carbonyl (C=O) groups is 1. The summed E-state index contributed by atoms with van der Waals surface area (Å²) in [6.07, 6.45) is -0.380. The van der Waals surface area contributed by atoms with Crippen LogP contribution in [-0.2, 0) is 14.3 Å². The molecule has 1 saturated heterocycles. The molecule has 11 nitrogen and oxygen atoms in total. The van der Waals surface area contributed by atoms with Gasteiger partial charge < -0.3 is 28.8 Å². The molecule has 42 heavy (non-hydrogen) atoms. The number of hydrogen-bond donors (Lipinski definition) is 2. The summed E-state index contributed by atoms with van der Waals surface area (Å²) in [5.74, 6) is -0.132. The molecule has 0 spiro atoms. The third kappa shape index (κ3) is 4.66. The fourth-order valence-corrected chi connectivity index (χ4v) is 5.93. The Morgan fingerprint density at radius 3 is 2.52 bits per heavy atom. The second kappa shape index (κ2) is 10.9. The van der Waals surface area contributed by atoms with E-state index in [1.165, 1.54) is 14.0 Å². The number of esters is 1. The van der Waals surface area contributed by atoms with Gasteiger partial charge in [-0.15, -0.1) is 0 Å². The van der Waals surface area contributed by atoms with Crippen LogP contribution in [0.2, 0.25) is 0 Å². The Hall–Kier alpha value is -4.73. The van der Waals surface area contributed by atoms with Crippen molar-refractivity contribution in [3.8, 4) is 17.2 Å². The van der Waals surface area contributed by atoms with Gasteiger partial charge in [-0.25, -0.2) is 0 Å². The lowest BCUT2D eigenvalue weighted by molar-refractivity contribution is -0.171. The molecule has 5 rings (SSSR count). The first kappa shape index (κ1) is 28.8. The molecule has 0 unspecified atom stereocenters. The molecule has 0 amide bonds. The average molecular weight is 574 g/mol. The van der Waals surface area contributed by atoms with Crippen molar-refractivity contribution in [2.75, 3.05) is 7.11 Å². The first-order valence-corrected chi connectivity index (χ1v) is 13.5. The quantitative estimate of drug-likeness (QED) is 0.0664. The lowest BCUT2D eigenvalue weighted by Gasteiger charge is -2.38. The molecule has 2 heterocycles. The number of carbonyl (C=O) groups excluding carboxylic acids is 1. The summed E-state index contributed by atoms with van der Waals surface area (Å²) in [5.41, 5.74) is 10.9. The van der Waals surface area contributed by atoms with Crippen LogP contribution in [0.4, 0.5) is 0 Å². The van der Waals surface area contributed by atoms with Crippen LogP contribution < -0.4 is 10.2 Å². The van der Waals surface area contributed by atoms with Gasteiger partial charge in [-0.05, 0) is 67.6 Å². The highest BCUT2D eigenvalue weighted by atomic mass is 16.6. The number of fused-ring (bicyclic) bond motifs is 4. The van der Waals surface area contributed by atoms with Crippen LogP contribution in [0.3, 0.4) is 0 Å². The molecule has 11 heteroatoms. The second-order valence-electron chi connectivity index (χ2n) is 10.5. The van der Waals surface area contributed by atoms with Crippen LogP contribution in [0.5, 0.6) is 17.2 Å². The summed E-state index contributed by atoms with van der Waals surface area (Å²) in [7, 11) is 1.44. The van der Waals surface area contributed by atoms with Crippen LogP contribution in [0.1, 0.15) is 57.1 Å². The summed E-state index contributed by atoms with van der Waals surface area (Å²) in [6, 6.07) is 5.48. The Bertz CT molecular complexity index is 1900. The molecule has 4 atom stereocenters. The molecule has 0 bridgehead atoms. The van der Waals surface area contributed by atoms with E-state index in [0.717, 1.165) is 17.2 Å². The maximum Gasteiger partial charge on any atom is 0.303 e. The molecule has 1 aliphatic rings. The van der Waals surface area contributed by atoms with E-state index in [1.807, 2.05) is 32.9 Å². The van der Waals surface area contributed by atoms with Crippen LogP contribution in [0.25, 0.3) is 48.5 Å². The summed E-state index contributed by atoms with van der Waals surface area (Å²) >= 11 is 0. The Labute approximate surface area is 240 Å². The lowest BCUT2D eigenvalue weighted by atomic mass is 9.88. The predicted octanol–water partition coefficient (Wildman–Crippen LogP) is 6.71. The SMILES string of the molecule is C/C=C(\C)c1cc(O)c2c(C)cc3cc4c([C@H]5C[C@@H](N=[N+]=[N-])[C@H](OC(C)=O)[C@@H](C)O5)c(O)cc(=O)c4c(OC)c3c2o1. The standard InChI is InChI=1S/C31H31N3O8/c1-7-13(2)23-12-22(38)25-14(3)8-17-9-18-27(24-10-19(33-34-32)29(15(4)40-24)41-16(5)35)20(36)11-21(37)28(18)30(39-6)26(17)31(25)42-23/h7-9,11-12,15,19,24,29,36,38H,10H2,1-6H3/b13-7+/t15-,19-,24-,29-/m1/s1. The number of methoxy groups -OCH3 is 1. The molecule has 218 valence electrons. The number of nitrogens with zero attached hydrogens (tertiary/aromatic N) is 3. The Morgan fingerprint density at radius 2 is 1.88 bits per heavy atom. The Kier molecular flexibility index (Phi) is 7.49. The van der Waals surface area contributed by atoms with Gasteiger partial charge in [0.1, 0.15) is 34.7 Å². The number of phenols is 1. The zero-order valence-electron chi connectivity index (χ0n) is 24.1. The number of hydrogen-bond acceptors (Lipinski definition) is 9. The van der Waals surface area contributed by atoms with Crippen molar-refractivity contribution in [3.63, 3.8) is 0 Å². The van der Waals surface area contributed by atoms with Gasteiger partial charge in [0.2, 0.25) is 0 Å². The average Bonchev–Trinajstić information content (AvgIpc) is 2.92. The highest BCUT2D eigenvalue weighted by molar-refractivity contribution is 6.17. The molecular weight excluding hydrogens is 542 g/mol. The smallest absolute Gasteiger partial charge is 0.303 e. The van der Waals surface area contributed by atoms with Gasteiger partial charge in [-0.2, -0.15) is 0 Å². The zero-order chi connectivity index (χ0) is 30.5. The number of ether oxygens (including phenoxy) is 3. The van der Waals surface area contributed by atoms with Gasteiger partial charge in [0, 0.05) is 29.5 Å². The van der Waals surface area contributed by atoms with E-state index in [4.69, 9.17) is 18.6 Å². The highest BCUT2D eigenvalue weighted by Crippen LogP contribution is 2.47. The maximum atomic E-state index is 13.5. The molecule has 2 N–H and O–H groups in total. The monoisotopic (exact) mass is 573 g/mol. The maximum absolute atomic E-state index is 13.5. The number of aryl methyl sites for hydroxylation is 1. The third-order valence-electron chi connectivity index (χ3n) is 7.87. The van der Waals surface area contributed by atoms with Gasteiger partial charge in [-0.3, -0.25) is 9.59 Å². The molecule has 0 aliphatic carbocycles. The van der Waals surface area contributed by atoms with E-state index in [-0.39, 0.29) is 29.1 Å². The van der Waals surface area contributed by atoms with E-state index in [1.54, 1.807) is 19.1 Å². The summed E-state index contributed by atoms with van der Waals surface area (Å²) < 4.78 is 23.8. The number of azide groups is 1. The van der Waals surface area contributed by atoms with Crippen molar-refractivity contribution in [3.05, 3.63) is 67.9 Å². The van der Waals surface area contributed by atoms with E-state index in [2.05, 4.69) is 10.0 Å². The van der Waals surface area contributed by atoms with E-state index >= 15 is 0 Å². The van der Waals surface area contributed by atoms with Crippen molar-refractivity contribution >= 4 is 44.1 Å². The number of phenolic OH excluding ortho intramolecular Hbond substituents is 1. The largest absolute Gasteiger partial charge is 0.507 e. The van der Waals surface area contributed by atoms with Crippen molar-refractivity contribution < 1.29 is 33.6 Å². The fraction of sp³-hybridized carbons (Fsp3) is 0.355. The van der Waals surface area contributed by atoms with Crippen LogP contribution in [0.15, 0.2) is 44.7 Å². The summed E-state index contributed by atoms with van der Waals surface area (Å²) in [4.78, 5) is 28.1. The third-order valence-corrected chi connectivity index (χ3v) is 7.87. The molecule has 1 aromatic heterocycles. The normalized spacial score (nSPS) is 21.0. The van der Waals surface area contributed by atoms with Crippen molar-refractivity contribution in [1.82, 2.24) is 0 Å². The number of aromatic hydroxyl groups is 2. The van der Waals surface area contributed by atoms with E-state index in [0.29, 0.717) is 38.5 Å². The minimum absolute atomic E-state index is 0.0266. The highest BCUT2D eigenvalue weighted by Gasteiger charge is 2.40. The molecule has 0 saturated carbocycles. The molecule has 0 radical (unpaired) electrons. The topological polar surface area (TPSA) is 164 Å². The summed E-state index contributed by atoms with van der Waals surface area (Å²) in [6.45, 7) is 8.51. The van der Waals surface area contributed by atoms with Gasteiger partial charge in [0.25, 0.3) is 0 Å². The van der Waals surface area contributed by atoms with Gasteiger partial charge in [0.15, 0.2) is 5.43 Å². The predicted molar refractivity (Wildman–Crippen MR) is 158 cm³/mol. The van der Waals surface area contributed by atoms with Crippen molar-refractivity contribution in [2.45, 2.75) is 65.4 Å². The van der Waals surface area contributed by atoms with E-state index in [9.17, 15) is 25.3 Å². The summed E-state index contributed by atoms with van der Waals surface area (Å²) in [5, 5.41) is 28.1. The Balaban J connectivity index is 1.84. The molecule has 1 fully saturated rings. The zero-order valence-corrected chi connectivity index (χ0v) is 24.1. The van der Waals surface area contributed by atoms with E-state index < -0.39 is 35.8 Å². The van der Waals surface area contributed by atoms with Crippen LogP contribution in [-0.4, -0.2) is 41.5 Å². The van der Waals surface area contributed by atoms with Gasteiger partial charge in [-0.1, -0.05) is 17.3 Å². The minimum Gasteiger partial charge on any atom is -0.507 e. The molecule has 4 aromatic rings.